The van der Waals surface area contributed by atoms with Crippen LogP contribution in [0.5, 0.6) is 11.5 Å². The fraction of sp³-hybridized carbons (Fsp3) is 0.167. The number of hydrogen-bond donors (Lipinski definition) is 1. The maximum atomic E-state index is 13.5. The highest BCUT2D eigenvalue weighted by Gasteiger charge is 2.48. The summed E-state index contributed by atoms with van der Waals surface area (Å²) in [5.74, 6) is -0.557. The minimum absolute atomic E-state index is 0.00608. The van der Waals surface area contributed by atoms with Crippen molar-refractivity contribution in [1.82, 2.24) is 4.98 Å². The summed E-state index contributed by atoms with van der Waals surface area (Å²) in [5, 5.41) is 11.7. The average molecular weight is 527 g/mol. The first kappa shape index (κ1) is 25.2. The van der Waals surface area contributed by atoms with Crippen molar-refractivity contribution in [2.45, 2.75) is 19.4 Å². The molecule has 2 heterocycles. The first-order chi connectivity index (χ1) is 18.4. The largest absolute Gasteiger partial charge is 0.507 e. The Labute approximate surface area is 224 Å². The van der Waals surface area contributed by atoms with E-state index in [2.05, 4.69) is 13.5 Å². The number of amides is 1. The molecule has 1 aliphatic heterocycles. The number of carbonyl (C=O) groups is 2. The molecule has 1 fully saturated rings. The van der Waals surface area contributed by atoms with Crippen LogP contribution in [0.3, 0.4) is 0 Å². The van der Waals surface area contributed by atoms with Gasteiger partial charge in [0.1, 0.15) is 23.9 Å². The van der Waals surface area contributed by atoms with Crippen LogP contribution >= 0.6 is 11.3 Å². The van der Waals surface area contributed by atoms with E-state index in [1.54, 1.807) is 61.7 Å². The Hall–Kier alpha value is -4.43. The number of ketones is 1. The van der Waals surface area contributed by atoms with Gasteiger partial charge in [-0.05, 0) is 66.1 Å². The number of anilines is 1. The number of thiazole rings is 1. The summed E-state index contributed by atoms with van der Waals surface area (Å²) < 4.78 is 11.7. The van der Waals surface area contributed by atoms with Crippen molar-refractivity contribution >= 4 is 44.1 Å². The number of ether oxygens (including phenoxy) is 2. The Bertz CT molecular complexity index is 1550. The summed E-state index contributed by atoms with van der Waals surface area (Å²) in [6.45, 7) is 6.08. The van der Waals surface area contributed by atoms with Crippen LogP contribution in [-0.2, 0) is 16.0 Å². The molecule has 4 aromatic rings. The number of fused-ring (bicyclic) bond motifs is 1. The Kier molecular flexibility index (Phi) is 6.98. The fourth-order valence-electron chi connectivity index (χ4n) is 4.43. The number of nitrogens with zero attached hydrogens (tertiary/aromatic N) is 2. The quantitative estimate of drug-likeness (QED) is 0.130. The second kappa shape index (κ2) is 10.5. The summed E-state index contributed by atoms with van der Waals surface area (Å²) in [6, 6.07) is 18.8. The molecular formula is C30H26N2O5S. The zero-order valence-electron chi connectivity index (χ0n) is 21.0. The van der Waals surface area contributed by atoms with Crippen molar-refractivity contribution < 1.29 is 24.2 Å². The normalized spacial score (nSPS) is 16.7. The average Bonchev–Trinajstić information content (AvgIpc) is 3.49. The first-order valence-corrected chi connectivity index (χ1v) is 12.9. The van der Waals surface area contributed by atoms with Crippen molar-refractivity contribution in [3.8, 4) is 11.5 Å². The number of carbonyl (C=O) groups excluding carboxylic acids is 2. The molecule has 0 spiro atoms. The monoisotopic (exact) mass is 526 g/mol. The summed E-state index contributed by atoms with van der Waals surface area (Å²) >= 11 is 1.34. The maximum Gasteiger partial charge on any atom is 0.301 e. The van der Waals surface area contributed by atoms with E-state index < -0.39 is 17.7 Å². The van der Waals surface area contributed by atoms with Gasteiger partial charge >= 0.3 is 5.91 Å². The van der Waals surface area contributed by atoms with Crippen molar-refractivity contribution in [1.29, 1.82) is 0 Å². The molecule has 38 heavy (non-hydrogen) atoms. The summed E-state index contributed by atoms with van der Waals surface area (Å²) in [7, 11) is 1.55. The molecule has 192 valence electrons. The zero-order valence-corrected chi connectivity index (χ0v) is 21.8. The molecule has 1 atom stereocenters. The molecule has 8 heteroatoms. The highest BCUT2D eigenvalue weighted by molar-refractivity contribution is 7.22. The summed E-state index contributed by atoms with van der Waals surface area (Å²) in [5.41, 5.74) is 2.93. The molecule has 5 rings (SSSR count). The van der Waals surface area contributed by atoms with Gasteiger partial charge in [-0.2, -0.15) is 0 Å². The number of aliphatic hydroxyl groups excluding tert-OH is 1. The van der Waals surface area contributed by atoms with Crippen LogP contribution in [0.25, 0.3) is 16.0 Å². The predicted octanol–water partition coefficient (Wildman–Crippen LogP) is 6.06. The molecule has 0 saturated carbocycles. The van der Waals surface area contributed by atoms with Gasteiger partial charge in [-0.3, -0.25) is 14.5 Å². The topological polar surface area (TPSA) is 89.0 Å². The number of Topliss-reactive ketones (excluding diaryl/α,β-unsaturated/α-hetero) is 1. The van der Waals surface area contributed by atoms with Gasteiger partial charge in [0.05, 0.1) is 28.9 Å². The lowest BCUT2D eigenvalue weighted by molar-refractivity contribution is -0.132. The van der Waals surface area contributed by atoms with E-state index in [9.17, 15) is 14.7 Å². The van der Waals surface area contributed by atoms with Crippen LogP contribution in [-0.4, -0.2) is 35.5 Å². The van der Waals surface area contributed by atoms with E-state index in [1.165, 1.54) is 16.2 Å². The first-order valence-electron chi connectivity index (χ1n) is 12.1. The molecule has 1 amide bonds. The fourth-order valence-corrected chi connectivity index (χ4v) is 5.49. The maximum absolute atomic E-state index is 13.5. The molecule has 1 aliphatic rings. The molecule has 0 unspecified atom stereocenters. The van der Waals surface area contributed by atoms with Gasteiger partial charge in [0, 0.05) is 5.56 Å². The van der Waals surface area contributed by atoms with Crippen molar-refractivity contribution in [3.63, 3.8) is 0 Å². The molecule has 7 nitrogen and oxygen atoms in total. The Morgan fingerprint density at radius 1 is 1.08 bits per heavy atom. The second-order valence-corrected chi connectivity index (χ2v) is 9.73. The lowest BCUT2D eigenvalue weighted by Gasteiger charge is -2.23. The molecule has 1 saturated heterocycles. The van der Waals surface area contributed by atoms with E-state index >= 15 is 0 Å². The van der Waals surface area contributed by atoms with Gasteiger partial charge in [0.15, 0.2) is 5.13 Å². The number of benzene rings is 3. The number of aromatic nitrogens is 1. The van der Waals surface area contributed by atoms with Gasteiger partial charge < -0.3 is 14.6 Å². The number of aliphatic hydroxyl groups is 1. The van der Waals surface area contributed by atoms with E-state index in [0.717, 1.165) is 22.2 Å². The lowest BCUT2D eigenvalue weighted by Crippen LogP contribution is -2.29. The predicted molar refractivity (Wildman–Crippen MR) is 149 cm³/mol. The third-order valence-electron chi connectivity index (χ3n) is 6.43. The third kappa shape index (κ3) is 4.54. The number of methoxy groups -OCH3 is 1. The molecule has 0 radical (unpaired) electrons. The van der Waals surface area contributed by atoms with Gasteiger partial charge in [-0.15, -0.1) is 0 Å². The molecule has 3 aromatic carbocycles. The smallest absolute Gasteiger partial charge is 0.301 e. The van der Waals surface area contributed by atoms with E-state index in [-0.39, 0.29) is 11.3 Å². The highest BCUT2D eigenvalue weighted by Crippen LogP contribution is 2.44. The number of hydrogen-bond acceptors (Lipinski definition) is 7. The molecule has 0 bridgehead atoms. The minimum Gasteiger partial charge on any atom is -0.507 e. The second-order valence-electron chi connectivity index (χ2n) is 8.72. The summed E-state index contributed by atoms with van der Waals surface area (Å²) in [6.07, 6.45) is 2.52. The van der Waals surface area contributed by atoms with Gasteiger partial charge in [-0.25, -0.2) is 4.98 Å². The van der Waals surface area contributed by atoms with Gasteiger partial charge in [0.2, 0.25) is 0 Å². The molecule has 0 aliphatic carbocycles. The lowest BCUT2D eigenvalue weighted by atomic mass is 9.95. The Morgan fingerprint density at radius 2 is 1.79 bits per heavy atom. The zero-order chi connectivity index (χ0) is 26.8. The van der Waals surface area contributed by atoms with Crippen molar-refractivity contribution in [3.05, 3.63) is 102 Å². The standard InChI is InChI=1S/C30H26N2O5S/c1-4-16-37-22-13-7-19(8-14-22)26-25(27(33)20-9-11-21(36-3)12-10-20)28(34)29(35)32(26)30-31-23-15-6-18(5-2)17-24(23)38-30/h4,6-15,17,26,33H,1,5,16H2,2-3H3/b27-25+/t26-/m1/s1. The minimum atomic E-state index is -0.878. The third-order valence-corrected chi connectivity index (χ3v) is 7.44. The van der Waals surface area contributed by atoms with Crippen LogP contribution in [0.15, 0.2) is 85.0 Å². The van der Waals surface area contributed by atoms with E-state index in [4.69, 9.17) is 14.5 Å². The van der Waals surface area contributed by atoms with Crippen molar-refractivity contribution in [2.24, 2.45) is 0 Å². The van der Waals surface area contributed by atoms with E-state index in [0.29, 0.717) is 34.4 Å². The van der Waals surface area contributed by atoms with Crippen LogP contribution < -0.4 is 14.4 Å². The number of aryl methyl sites for hydroxylation is 1. The van der Waals surface area contributed by atoms with Crippen LogP contribution in [0, 0.1) is 0 Å². The van der Waals surface area contributed by atoms with Crippen LogP contribution in [0.2, 0.25) is 0 Å². The van der Waals surface area contributed by atoms with Crippen LogP contribution in [0.4, 0.5) is 5.13 Å². The van der Waals surface area contributed by atoms with Gasteiger partial charge in [0.25, 0.3) is 5.78 Å². The Balaban J connectivity index is 1.66. The summed E-state index contributed by atoms with van der Waals surface area (Å²) in [4.78, 5) is 33.0. The van der Waals surface area contributed by atoms with Gasteiger partial charge in [-0.1, -0.05) is 49.1 Å². The SMILES string of the molecule is C=CCOc1ccc([C@@H]2/C(=C(\O)c3ccc(OC)cc3)C(=O)C(=O)N2c2nc3ccc(CC)cc3s2)cc1. The molecule has 1 aromatic heterocycles. The Morgan fingerprint density at radius 3 is 2.45 bits per heavy atom. The van der Waals surface area contributed by atoms with Crippen LogP contribution in [0.1, 0.15) is 29.7 Å². The molecule has 1 N–H and O–H groups in total. The van der Waals surface area contributed by atoms with E-state index in [1.807, 2.05) is 18.2 Å². The highest BCUT2D eigenvalue weighted by atomic mass is 32.1. The molecular weight excluding hydrogens is 500 g/mol. The van der Waals surface area contributed by atoms with Crippen molar-refractivity contribution in [2.75, 3.05) is 18.6 Å². The number of rotatable bonds is 8.